The van der Waals surface area contributed by atoms with Gasteiger partial charge in [0.15, 0.2) is 4.96 Å². The smallest absolute Gasteiger partial charge is 0.308 e. The Hall–Kier alpha value is -1.40. The Morgan fingerprint density at radius 1 is 1.65 bits per heavy atom. The van der Waals surface area contributed by atoms with Crippen LogP contribution in [0.15, 0.2) is 17.8 Å². The van der Waals surface area contributed by atoms with Gasteiger partial charge < -0.3 is 10.4 Å². The Kier molecular flexibility index (Phi) is 2.60. The van der Waals surface area contributed by atoms with Crippen LogP contribution in [0, 0.1) is 5.92 Å². The largest absolute Gasteiger partial charge is 0.481 e. The summed E-state index contributed by atoms with van der Waals surface area (Å²) < 4.78 is 1.96. The molecule has 90 valence electrons. The molecular formula is C11H13N3O2S. The van der Waals surface area contributed by atoms with Crippen molar-refractivity contribution in [2.45, 2.75) is 12.3 Å². The standard InChI is InChI=1S/C11H13N3O2S/c15-10(16)8-5-12-2-1-7(8)9-6-14-3-4-17-11(14)13-9/h3-4,6-8,12H,1-2,5H2,(H,15,16). The van der Waals surface area contributed by atoms with Gasteiger partial charge in [-0.1, -0.05) is 0 Å². The Morgan fingerprint density at radius 3 is 3.29 bits per heavy atom. The van der Waals surface area contributed by atoms with E-state index in [1.165, 1.54) is 0 Å². The number of nitrogens with one attached hydrogen (secondary N) is 1. The number of imidazole rings is 1. The summed E-state index contributed by atoms with van der Waals surface area (Å²) in [6.45, 7) is 1.39. The van der Waals surface area contributed by atoms with Gasteiger partial charge in [-0.15, -0.1) is 11.3 Å². The lowest BCUT2D eigenvalue weighted by Crippen LogP contribution is -2.39. The fourth-order valence-electron chi connectivity index (χ4n) is 2.40. The zero-order valence-electron chi connectivity index (χ0n) is 9.17. The van der Waals surface area contributed by atoms with Crippen molar-refractivity contribution in [2.75, 3.05) is 13.1 Å². The number of nitrogens with zero attached hydrogens (tertiary/aromatic N) is 2. The molecule has 1 aliphatic heterocycles. The molecule has 1 aliphatic rings. The zero-order chi connectivity index (χ0) is 11.8. The Labute approximate surface area is 102 Å². The molecule has 2 unspecified atom stereocenters. The first-order valence-corrected chi connectivity index (χ1v) is 6.49. The van der Waals surface area contributed by atoms with E-state index in [9.17, 15) is 9.90 Å². The molecule has 2 aromatic rings. The summed E-state index contributed by atoms with van der Waals surface area (Å²) in [4.78, 5) is 16.7. The summed E-state index contributed by atoms with van der Waals surface area (Å²) in [5, 5.41) is 14.3. The van der Waals surface area contributed by atoms with Crippen LogP contribution in [0.25, 0.3) is 4.96 Å². The van der Waals surface area contributed by atoms with Crippen molar-refractivity contribution < 1.29 is 9.90 Å². The number of hydrogen-bond donors (Lipinski definition) is 2. The van der Waals surface area contributed by atoms with Crippen molar-refractivity contribution >= 4 is 22.3 Å². The highest BCUT2D eigenvalue weighted by Crippen LogP contribution is 2.30. The zero-order valence-corrected chi connectivity index (χ0v) is 9.98. The third kappa shape index (κ3) is 1.83. The SMILES string of the molecule is O=C(O)C1CNCCC1c1cn2ccsc2n1. The lowest BCUT2D eigenvalue weighted by molar-refractivity contribution is -0.143. The van der Waals surface area contributed by atoms with Crippen molar-refractivity contribution in [3.05, 3.63) is 23.5 Å². The van der Waals surface area contributed by atoms with Crippen molar-refractivity contribution in [3.8, 4) is 0 Å². The summed E-state index contributed by atoms with van der Waals surface area (Å²) in [6, 6.07) is 0. The first-order chi connectivity index (χ1) is 8.25. The fourth-order valence-corrected chi connectivity index (χ4v) is 3.10. The monoisotopic (exact) mass is 251 g/mol. The number of thiazole rings is 1. The second-order valence-corrected chi connectivity index (χ2v) is 5.18. The number of aromatic nitrogens is 2. The summed E-state index contributed by atoms with van der Waals surface area (Å²) in [7, 11) is 0. The van der Waals surface area contributed by atoms with Gasteiger partial charge in [0, 0.05) is 30.2 Å². The maximum Gasteiger partial charge on any atom is 0.308 e. The highest BCUT2D eigenvalue weighted by Gasteiger charge is 2.33. The highest BCUT2D eigenvalue weighted by molar-refractivity contribution is 7.15. The molecule has 0 aromatic carbocycles. The predicted molar refractivity (Wildman–Crippen MR) is 64.4 cm³/mol. The summed E-state index contributed by atoms with van der Waals surface area (Å²) in [6.07, 6.45) is 4.74. The van der Waals surface area contributed by atoms with E-state index in [4.69, 9.17) is 0 Å². The Bertz CT molecular complexity index is 519. The molecule has 0 bridgehead atoms. The van der Waals surface area contributed by atoms with Crippen LogP contribution in [0.1, 0.15) is 18.0 Å². The number of fused-ring (bicyclic) bond motifs is 1. The molecule has 0 amide bonds. The topological polar surface area (TPSA) is 66.6 Å². The van der Waals surface area contributed by atoms with Gasteiger partial charge >= 0.3 is 5.97 Å². The van der Waals surface area contributed by atoms with Crippen LogP contribution in [0.2, 0.25) is 0 Å². The quantitative estimate of drug-likeness (QED) is 0.841. The number of carboxylic acids is 1. The molecule has 0 saturated carbocycles. The van der Waals surface area contributed by atoms with Gasteiger partial charge in [-0.25, -0.2) is 4.98 Å². The fraction of sp³-hybridized carbons (Fsp3) is 0.455. The van der Waals surface area contributed by atoms with Gasteiger partial charge in [0.2, 0.25) is 0 Å². The van der Waals surface area contributed by atoms with Crippen molar-refractivity contribution in [1.82, 2.24) is 14.7 Å². The minimum atomic E-state index is -0.737. The number of rotatable bonds is 2. The van der Waals surface area contributed by atoms with E-state index in [1.807, 2.05) is 22.2 Å². The molecule has 2 N–H and O–H groups in total. The van der Waals surface area contributed by atoms with E-state index >= 15 is 0 Å². The molecule has 1 saturated heterocycles. The van der Waals surface area contributed by atoms with E-state index in [2.05, 4.69) is 10.3 Å². The molecule has 6 heteroatoms. The lowest BCUT2D eigenvalue weighted by atomic mass is 9.84. The van der Waals surface area contributed by atoms with Crippen LogP contribution in [-0.4, -0.2) is 33.6 Å². The van der Waals surface area contributed by atoms with Crippen LogP contribution in [0.5, 0.6) is 0 Å². The van der Waals surface area contributed by atoms with Gasteiger partial charge in [0.05, 0.1) is 11.6 Å². The molecule has 5 nitrogen and oxygen atoms in total. The number of hydrogen-bond acceptors (Lipinski definition) is 4. The molecule has 1 fully saturated rings. The molecule has 3 heterocycles. The van der Waals surface area contributed by atoms with Crippen LogP contribution >= 0.6 is 11.3 Å². The molecule has 3 rings (SSSR count). The Morgan fingerprint density at radius 2 is 2.53 bits per heavy atom. The maximum absolute atomic E-state index is 11.2. The van der Waals surface area contributed by atoms with Gasteiger partial charge in [0.1, 0.15) is 0 Å². The third-order valence-electron chi connectivity index (χ3n) is 3.29. The van der Waals surface area contributed by atoms with E-state index < -0.39 is 5.97 Å². The second-order valence-electron chi connectivity index (χ2n) is 4.30. The van der Waals surface area contributed by atoms with E-state index in [0.717, 1.165) is 23.6 Å². The normalized spacial score (nSPS) is 25.2. The summed E-state index contributed by atoms with van der Waals surface area (Å²) in [5.41, 5.74) is 0.908. The number of carboxylic acid groups (broad SMARTS) is 1. The van der Waals surface area contributed by atoms with Gasteiger partial charge in [-0.05, 0) is 13.0 Å². The first kappa shape index (κ1) is 10.7. The number of aliphatic carboxylic acids is 1. The second kappa shape index (κ2) is 4.12. The average molecular weight is 251 g/mol. The highest BCUT2D eigenvalue weighted by atomic mass is 32.1. The molecule has 17 heavy (non-hydrogen) atoms. The van der Waals surface area contributed by atoms with Crippen LogP contribution in [0.4, 0.5) is 0 Å². The van der Waals surface area contributed by atoms with Crippen molar-refractivity contribution in [3.63, 3.8) is 0 Å². The van der Waals surface area contributed by atoms with Gasteiger partial charge in [-0.3, -0.25) is 9.20 Å². The van der Waals surface area contributed by atoms with Gasteiger partial charge in [-0.2, -0.15) is 0 Å². The minimum Gasteiger partial charge on any atom is -0.481 e. The number of carbonyl (C=O) groups is 1. The van der Waals surface area contributed by atoms with E-state index in [1.54, 1.807) is 11.3 Å². The maximum atomic E-state index is 11.2. The van der Waals surface area contributed by atoms with E-state index in [-0.39, 0.29) is 11.8 Å². The van der Waals surface area contributed by atoms with Gasteiger partial charge in [0.25, 0.3) is 0 Å². The van der Waals surface area contributed by atoms with Crippen LogP contribution in [0.3, 0.4) is 0 Å². The van der Waals surface area contributed by atoms with E-state index in [0.29, 0.717) is 6.54 Å². The molecule has 0 aliphatic carbocycles. The van der Waals surface area contributed by atoms with Crippen molar-refractivity contribution in [2.24, 2.45) is 5.92 Å². The van der Waals surface area contributed by atoms with Crippen molar-refractivity contribution in [1.29, 1.82) is 0 Å². The van der Waals surface area contributed by atoms with Crippen LogP contribution in [-0.2, 0) is 4.79 Å². The Balaban J connectivity index is 1.95. The van der Waals surface area contributed by atoms with Crippen LogP contribution < -0.4 is 5.32 Å². The predicted octanol–water partition coefficient (Wildman–Crippen LogP) is 1.17. The first-order valence-electron chi connectivity index (χ1n) is 5.61. The molecule has 0 spiro atoms. The summed E-state index contributed by atoms with van der Waals surface area (Å²) >= 11 is 1.57. The average Bonchev–Trinajstić information content (AvgIpc) is 2.88. The third-order valence-corrected chi connectivity index (χ3v) is 4.06. The molecule has 2 aromatic heterocycles. The molecule has 2 atom stereocenters. The number of piperidine rings is 1. The lowest BCUT2D eigenvalue weighted by Gasteiger charge is -2.27. The molecular weight excluding hydrogens is 238 g/mol. The summed E-state index contributed by atoms with van der Waals surface area (Å²) in [5.74, 6) is -1.08. The minimum absolute atomic E-state index is 0.0286. The molecule has 0 radical (unpaired) electrons.